The molecular formula is C24H22FN5O6. The van der Waals surface area contributed by atoms with Crippen molar-refractivity contribution in [3.8, 4) is 12.3 Å². The Kier molecular flexibility index (Phi) is 7.85. The highest BCUT2D eigenvalue weighted by Crippen LogP contribution is 2.22. The molecule has 1 amide bonds. The fourth-order valence-electron chi connectivity index (χ4n) is 3.52. The molecule has 0 aliphatic rings. The SMILES string of the molecule is C#CCN(Cc1ccc2nc(N)[nH]c(=O)c2c1)c1ccc(C(=O)NC(CCC(=O)O)C(=O)O)c(F)c1. The molecule has 3 aromatic rings. The molecule has 2 aromatic carbocycles. The van der Waals surface area contributed by atoms with Crippen LogP contribution < -0.4 is 21.5 Å². The molecule has 6 N–H and O–H groups in total. The molecule has 0 bridgehead atoms. The third kappa shape index (κ3) is 6.15. The van der Waals surface area contributed by atoms with Gasteiger partial charge in [-0.2, -0.15) is 0 Å². The number of hydrogen-bond acceptors (Lipinski definition) is 7. The van der Waals surface area contributed by atoms with Crippen molar-refractivity contribution in [2.24, 2.45) is 0 Å². The van der Waals surface area contributed by atoms with Gasteiger partial charge in [-0.25, -0.2) is 14.2 Å². The summed E-state index contributed by atoms with van der Waals surface area (Å²) in [4.78, 5) is 54.8. The number of carbonyl (C=O) groups is 3. The summed E-state index contributed by atoms with van der Waals surface area (Å²) in [6.07, 6.45) is 4.63. The molecule has 186 valence electrons. The quantitative estimate of drug-likeness (QED) is 0.259. The Morgan fingerprint density at radius 3 is 2.61 bits per heavy atom. The number of benzene rings is 2. The second-order valence-corrected chi connectivity index (χ2v) is 7.82. The van der Waals surface area contributed by atoms with E-state index in [-0.39, 0.29) is 25.5 Å². The Labute approximate surface area is 203 Å². The van der Waals surface area contributed by atoms with E-state index in [1.54, 1.807) is 23.1 Å². The van der Waals surface area contributed by atoms with E-state index in [1.165, 1.54) is 12.1 Å². The van der Waals surface area contributed by atoms with Gasteiger partial charge in [0, 0.05) is 18.7 Å². The van der Waals surface area contributed by atoms with Gasteiger partial charge in [0.05, 0.1) is 23.0 Å². The number of aromatic nitrogens is 2. The number of carbonyl (C=O) groups excluding carboxylic acids is 1. The summed E-state index contributed by atoms with van der Waals surface area (Å²) in [6, 6.07) is 7.17. The fraction of sp³-hybridized carbons (Fsp3) is 0.208. The minimum atomic E-state index is -1.49. The first-order valence-electron chi connectivity index (χ1n) is 10.6. The average Bonchev–Trinajstić information content (AvgIpc) is 2.81. The molecule has 1 unspecified atom stereocenters. The summed E-state index contributed by atoms with van der Waals surface area (Å²) in [7, 11) is 0. The highest BCUT2D eigenvalue weighted by molar-refractivity contribution is 5.97. The number of halogens is 1. The summed E-state index contributed by atoms with van der Waals surface area (Å²) in [5, 5.41) is 20.4. The van der Waals surface area contributed by atoms with Gasteiger partial charge >= 0.3 is 11.9 Å². The largest absolute Gasteiger partial charge is 0.481 e. The number of aromatic amines is 1. The minimum Gasteiger partial charge on any atom is -0.481 e. The van der Waals surface area contributed by atoms with Gasteiger partial charge in [0.2, 0.25) is 5.95 Å². The van der Waals surface area contributed by atoms with Crippen molar-refractivity contribution in [3.05, 3.63) is 63.7 Å². The number of carboxylic acid groups (broad SMARTS) is 2. The number of nitrogens with one attached hydrogen (secondary N) is 2. The van der Waals surface area contributed by atoms with Crippen LogP contribution in [-0.2, 0) is 16.1 Å². The standard InChI is InChI=1S/C24H22FN5O6/c1-2-9-30(12-13-3-6-18-16(10-13)22(34)29-24(26)28-18)14-4-5-15(17(25)11-14)21(33)27-19(23(35)36)7-8-20(31)32/h1,3-6,10-11,19H,7-9,12H2,(H,27,33)(H,31,32)(H,35,36)(H3,26,28,29,34). The molecule has 0 fully saturated rings. The average molecular weight is 495 g/mol. The summed E-state index contributed by atoms with van der Waals surface area (Å²) >= 11 is 0. The molecule has 11 nitrogen and oxygen atoms in total. The number of aliphatic carboxylic acids is 2. The Bertz CT molecular complexity index is 1430. The van der Waals surface area contributed by atoms with E-state index in [1.807, 2.05) is 0 Å². The van der Waals surface area contributed by atoms with E-state index in [9.17, 15) is 28.7 Å². The number of amides is 1. The molecule has 0 radical (unpaired) electrons. The third-order valence-corrected chi connectivity index (χ3v) is 5.26. The van der Waals surface area contributed by atoms with Crippen LogP contribution in [-0.4, -0.2) is 50.6 Å². The van der Waals surface area contributed by atoms with Crippen LogP contribution in [0, 0.1) is 18.2 Å². The minimum absolute atomic E-state index is 0.00892. The number of terminal acetylenes is 1. The van der Waals surface area contributed by atoms with Crippen LogP contribution in [0.3, 0.4) is 0 Å². The third-order valence-electron chi connectivity index (χ3n) is 5.26. The van der Waals surface area contributed by atoms with Crippen LogP contribution in [0.1, 0.15) is 28.8 Å². The van der Waals surface area contributed by atoms with Crippen LogP contribution in [0.4, 0.5) is 16.0 Å². The van der Waals surface area contributed by atoms with Crippen molar-refractivity contribution in [2.75, 3.05) is 17.2 Å². The highest BCUT2D eigenvalue weighted by atomic mass is 19.1. The van der Waals surface area contributed by atoms with Crippen molar-refractivity contribution in [3.63, 3.8) is 0 Å². The monoisotopic (exact) mass is 495 g/mol. The number of fused-ring (bicyclic) bond motifs is 1. The van der Waals surface area contributed by atoms with Crippen LogP contribution in [0.15, 0.2) is 41.2 Å². The predicted octanol–water partition coefficient (Wildman–Crippen LogP) is 1.33. The van der Waals surface area contributed by atoms with Gasteiger partial charge in [-0.1, -0.05) is 12.0 Å². The van der Waals surface area contributed by atoms with Gasteiger partial charge < -0.3 is 26.2 Å². The van der Waals surface area contributed by atoms with Gasteiger partial charge in [0.1, 0.15) is 11.9 Å². The predicted molar refractivity (Wildman–Crippen MR) is 129 cm³/mol. The first-order valence-corrected chi connectivity index (χ1v) is 10.6. The lowest BCUT2D eigenvalue weighted by Gasteiger charge is -2.23. The first-order chi connectivity index (χ1) is 17.1. The Balaban J connectivity index is 1.82. The maximum Gasteiger partial charge on any atom is 0.326 e. The van der Waals surface area contributed by atoms with Crippen molar-refractivity contribution in [1.82, 2.24) is 15.3 Å². The number of carboxylic acids is 2. The number of hydrogen-bond donors (Lipinski definition) is 5. The fourth-order valence-corrected chi connectivity index (χ4v) is 3.52. The zero-order chi connectivity index (χ0) is 26.4. The molecular weight excluding hydrogens is 473 g/mol. The van der Waals surface area contributed by atoms with E-state index in [2.05, 4.69) is 21.2 Å². The van der Waals surface area contributed by atoms with Crippen molar-refractivity contribution in [1.29, 1.82) is 0 Å². The van der Waals surface area contributed by atoms with Gasteiger partial charge in [0.25, 0.3) is 11.5 Å². The summed E-state index contributed by atoms with van der Waals surface area (Å²) < 4.78 is 14.9. The Hall–Kier alpha value is -4.92. The van der Waals surface area contributed by atoms with Crippen molar-refractivity contribution in [2.45, 2.75) is 25.4 Å². The van der Waals surface area contributed by atoms with E-state index in [0.29, 0.717) is 22.2 Å². The summed E-state index contributed by atoms with van der Waals surface area (Å²) in [5.74, 6) is -2.12. The van der Waals surface area contributed by atoms with Crippen LogP contribution in [0.2, 0.25) is 0 Å². The molecule has 12 heteroatoms. The molecule has 0 saturated carbocycles. The normalized spacial score (nSPS) is 11.4. The number of anilines is 2. The Morgan fingerprint density at radius 2 is 1.97 bits per heavy atom. The number of nitrogens with two attached hydrogens (primary N) is 1. The van der Waals surface area contributed by atoms with Crippen molar-refractivity contribution < 1.29 is 29.0 Å². The van der Waals surface area contributed by atoms with E-state index in [4.69, 9.17) is 17.3 Å². The van der Waals surface area contributed by atoms with Crippen molar-refractivity contribution >= 4 is 40.4 Å². The van der Waals surface area contributed by atoms with Gasteiger partial charge in [-0.3, -0.25) is 19.4 Å². The Morgan fingerprint density at radius 1 is 1.22 bits per heavy atom. The molecule has 1 atom stereocenters. The smallest absolute Gasteiger partial charge is 0.326 e. The molecule has 36 heavy (non-hydrogen) atoms. The molecule has 0 spiro atoms. The maximum absolute atomic E-state index is 14.9. The van der Waals surface area contributed by atoms with Gasteiger partial charge in [-0.15, -0.1) is 6.42 Å². The van der Waals surface area contributed by atoms with Gasteiger partial charge in [0.15, 0.2) is 0 Å². The second-order valence-electron chi connectivity index (χ2n) is 7.82. The molecule has 1 heterocycles. The van der Waals surface area contributed by atoms with Crippen LogP contribution in [0.25, 0.3) is 10.9 Å². The lowest BCUT2D eigenvalue weighted by Crippen LogP contribution is -2.41. The zero-order valence-electron chi connectivity index (χ0n) is 18.8. The molecule has 0 saturated heterocycles. The van der Waals surface area contributed by atoms with Crippen LogP contribution in [0.5, 0.6) is 0 Å². The molecule has 3 rings (SSSR count). The number of nitrogens with zero attached hydrogens (tertiary/aromatic N) is 2. The number of H-pyrrole nitrogens is 1. The number of nitrogen functional groups attached to an aromatic ring is 1. The lowest BCUT2D eigenvalue weighted by molar-refractivity contribution is -0.140. The first kappa shape index (κ1) is 25.7. The number of rotatable bonds is 10. The zero-order valence-corrected chi connectivity index (χ0v) is 18.8. The van der Waals surface area contributed by atoms with Crippen LogP contribution >= 0.6 is 0 Å². The van der Waals surface area contributed by atoms with E-state index in [0.717, 1.165) is 6.07 Å². The molecule has 1 aromatic heterocycles. The topological polar surface area (TPSA) is 179 Å². The van der Waals surface area contributed by atoms with Gasteiger partial charge in [-0.05, 0) is 42.3 Å². The lowest BCUT2D eigenvalue weighted by atomic mass is 10.1. The molecule has 0 aliphatic heterocycles. The maximum atomic E-state index is 14.9. The highest BCUT2D eigenvalue weighted by Gasteiger charge is 2.23. The summed E-state index contributed by atoms with van der Waals surface area (Å²) in [5.41, 5.74) is 6.17. The molecule has 0 aliphatic carbocycles. The van der Waals surface area contributed by atoms with E-state index >= 15 is 0 Å². The summed E-state index contributed by atoms with van der Waals surface area (Å²) in [6.45, 7) is 0.279. The second kappa shape index (κ2) is 11.0. The van der Waals surface area contributed by atoms with E-state index < -0.39 is 47.2 Å².